The average Bonchev–Trinajstić information content (AvgIpc) is 2.46. The molecular weight excluding hydrogens is 298 g/mol. The topological polar surface area (TPSA) is 76.1 Å². The first kappa shape index (κ1) is 15.6. The van der Waals surface area contributed by atoms with E-state index >= 15 is 0 Å². The van der Waals surface area contributed by atoms with Gasteiger partial charge in [0.05, 0.1) is 31.8 Å². The van der Waals surface area contributed by atoms with Gasteiger partial charge in [-0.15, -0.1) is 0 Å². The molecule has 1 N–H and O–H groups in total. The maximum absolute atomic E-state index is 12.5. The first-order valence-electron chi connectivity index (χ1n) is 6.47. The smallest absolute Gasteiger partial charge is 0.306 e. The minimum atomic E-state index is -0.949. The van der Waals surface area contributed by atoms with Gasteiger partial charge < -0.3 is 19.5 Å². The fourth-order valence-electron chi connectivity index (χ4n) is 2.24. The predicted molar refractivity (Wildman–Crippen MR) is 75.9 cm³/mol. The number of aliphatic carboxylic acids is 1. The summed E-state index contributed by atoms with van der Waals surface area (Å²) in [4.78, 5) is 24.8. The second kappa shape index (κ2) is 6.78. The van der Waals surface area contributed by atoms with E-state index in [9.17, 15) is 9.59 Å². The second-order valence-corrected chi connectivity index (χ2v) is 5.12. The number of halogens is 1. The van der Waals surface area contributed by atoms with Crippen molar-refractivity contribution >= 4 is 23.5 Å². The first-order chi connectivity index (χ1) is 10.0. The number of morpholine rings is 1. The van der Waals surface area contributed by atoms with Crippen molar-refractivity contribution in [2.45, 2.75) is 12.5 Å². The number of nitrogens with zero attached hydrogens (tertiary/aromatic N) is 1. The molecule has 0 radical (unpaired) electrons. The second-order valence-electron chi connectivity index (χ2n) is 4.69. The molecule has 6 nitrogen and oxygen atoms in total. The van der Waals surface area contributed by atoms with Crippen molar-refractivity contribution in [2.75, 3.05) is 26.8 Å². The lowest BCUT2D eigenvalue weighted by Gasteiger charge is -2.32. The van der Waals surface area contributed by atoms with Gasteiger partial charge >= 0.3 is 5.97 Å². The Morgan fingerprint density at radius 2 is 2.29 bits per heavy atom. The molecule has 1 fully saturated rings. The molecule has 1 aromatic rings. The number of carboxylic acid groups (broad SMARTS) is 1. The van der Waals surface area contributed by atoms with E-state index in [4.69, 9.17) is 26.2 Å². The van der Waals surface area contributed by atoms with E-state index in [1.165, 1.54) is 7.11 Å². The van der Waals surface area contributed by atoms with Crippen LogP contribution in [0.25, 0.3) is 0 Å². The van der Waals surface area contributed by atoms with Crippen LogP contribution >= 0.6 is 11.6 Å². The Labute approximate surface area is 127 Å². The van der Waals surface area contributed by atoms with Crippen LogP contribution in [0, 0.1) is 0 Å². The number of benzene rings is 1. The van der Waals surface area contributed by atoms with E-state index < -0.39 is 12.1 Å². The number of carbonyl (C=O) groups is 2. The maximum atomic E-state index is 12.5. The predicted octanol–water partition coefficient (Wildman–Crippen LogP) is 1.66. The van der Waals surface area contributed by atoms with Crippen LogP contribution in [0.3, 0.4) is 0 Å². The first-order valence-corrected chi connectivity index (χ1v) is 6.85. The van der Waals surface area contributed by atoms with Gasteiger partial charge in [-0.3, -0.25) is 9.59 Å². The Bertz CT molecular complexity index is 548. The number of carboxylic acids is 1. The highest BCUT2D eigenvalue weighted by molar-refractivity contribution is 6.31. The molecule has 0 aliphatic carbocycles. The third-order valence-corrected chi connectivity index (χ3v) is 3.46. The van der Waals surface area contributed by atoms with Crippen LogP contribution in [0.4, 0.5) is 0 Å². The molecule has 1 saturated heterocycles. The molecule has 1 unspecified atom stereocenters. The third-order valence-electron chi connectivity index (χ3n) is 3.22. The number of amides is 1. The Morgan fingerprint density at radius 1 is 1.52 bits per heavy atom. The molecule has 2 rings (SSSR count). The fourth-order valence-corrected chi connectivity index (χ4v) is 2.41. The third kappa shape index (κ3) is 3.86. The standard InChI is InChI=1S/C14H16ClNO5/c1-20-12-3-2-9(15)6-11(12)14(19)16-4-5-21-10(8-16)7-13(17)18/h2-3,6,10H,4-5,7-8H2,1H3,(H,17,18). The van der Waals surface area contributed by atoms with Crippen molar-refractivity contribution in [2.24, 2.45) is 0 Å². The normalized spacial score (nSPS) is 18.4. The van der Waals surface area contributed by atoms with Gasteiger partial charge in [-0.25, -0.2) is 0 Å². The van der Waals surface area contributed by atoms with Crippen LogP contribution in [-0.2, 0) is 9.53 Å². The number of ether oxygens (including phenoxy) is 2. The molecule has 1 aliphatic heterocycles. The van der Waals surface area contributed by atoms with Crippen molar-refractivity contribution < 1.29 is 24.2 Å². The van der Waals surface area contributed by atoms with Gasteiger partial charge in [0, 0.05) is 18.1 Å². The highest BCUT2D eigenvalue weighted by Crippen LogP contribution is 2.25. The molecule has 0 saturated carbocycles. The zero-order valence-electron chi connectivity index (χ0n) is 11.5. The highest BCUT2D eigenvalue weighted by atomic mass is 35.5. The van der Waals surface area contributed by atoms with Crippen LogP contribution in [0.1, 0.15) is 16.8 Å². The van der Waals surface area contributed by atoms with E-state index in [1.54, 1.807) is 23.1 Å². The van der Waals surface area contributed by atoms with Crippen molar-refractivity contribution in [1.29, 1.82) is 0 Å². The summed E-state index contributed by atoms with van der Waals surface area (Å²) in [6.07, 6.45) is -0.624. The minimum absolute atomic E-state index is 0.129. The lowest BCUT2D eigenvalue weighted by molar-refractivity contribution is -0.141. The largest absolute Gasteiger partial charge is 0.496 e. The molecule has 1 amide bonds. The quantitative estimate of drug-likeness (QED) is 0.915. The molecule has 21 heavy (non-hydrogen) atoms. The molecule has 1 heterocycles. The Morgan fingerprint density at radius 3 is 2.95 bits per heavy atom. The monoisotopic (exact) mass is 313 g/mol. The van der Waals surface area contributed by atoms with Crippen molar-refractivity contribution in [3.63, 3.8) is 0 Å². The summed E-state index contributed by atoms with van der Waals surface area (Å²) >= 11 is 5.93. The lowest BCUT2D eigenvalue weighted by Crippen LogP contribution is -2.46. The Balaban J connectivity index is 2.15. The van der Waals surface area contributed by atoms with Crippen LogP contribution in [0.15, 0.2) is 18.2 Å². The fraction of sp³-hybridized carbons (Fsp3) is 0.429. The van der Waals surface area contributed by atoms with E-state index in [1.807, 2.05) is 0 Å². The molecule has 0 spiro atoms. The SMILES string of the molecule is COc1ccc(Cl)cc1C(=O)N1CCOC(CC(=O)O)C1. The summed E-state index contributed by atoms with van der Waals surface area (Å²) in [6, 6.07) is 4.82. The van der Waals surface area contributed by atoms with Gasteiger partial charge in [0.25, 0.3) is 5.91 Å². The van der Waals surface area contributed by atoms with Gasteiger partial charge in [-0.1, -0.05) is 11.6 Å². The average molecular weight is 314 g/mol. The van der Waals surface area contributed by atoms with Crippen LogP contribution < -0.4 is 4.74 Å². The number of rotatable bonds is 4. The summed E-state index contributed by atoms with van der Waals surface area (Å²) in [5.74, 6) is -0.756. The van der Waals surface area contributed by atoms with E-state index in [0.717, 1.165) is 0 Å². The molecular formula is C14H16ClNO5. The molecule has 1 atom stereocenters. The van der Waals surface area contributed by atoms with Gasteiger partial charge in [-0.2, -0.15) is 0 Å². The summed E-state index contributed by atoms with van der Waals surface area (Å²) in [6.45, 7) is 0.956. The lowest BCUT2D eigenvalue weighted by atomic mass is 10.1. The Kier molecular flexibility index (Phi) is 5.03. The van der Waals surface area contributed by atoms with Gasteiger partial charge in [0.1, 0.15) is 5.75 Å². The Hall–Kier alpha value is -1.79. The van der Waals surface area contributed by atoms with Gasteiger partial charge in [0.15, 0.2) is 0 Å². The van der Waals surface area contributed by atoms with Gasteiger partial charge in [0.2, 0.25) is 0 Å². The summed E-state index contributed by atoms with van der Waals surface area (Å²) in [5, 5.41) is 9.24. The molecule has 1 aliphatic rings. The highest BCUT2D eigenvalue weighted by Gasteiger charge is 2.28. The van der Waals surface area contributed by atoms with Crippen LogP contribution in [-0.4, -0.2) is 54.8 Å². The number of hydrogen-bond donors (Lipinski definition) is 1. The van der Waals surface area contributed by atoms with E-state index in [2.05, 4.69) is 0 Å². The number of methoxy groups -OCH3 is 1. The van der Waals surface area contributed by atoms with Crippen molar-refractivity contribution in [3.05, 3.63) is 28.8 Å². The zero-order valence-corrected chi connectivity index (χ0v) is 12.3. The van der Waals surface area contributed by atoms with E-state index in [0.29, 0.717) is 29.5 Å². The molecule has 0 bridgehead atoms. The van der Waals surface area contributed by atoms with Crippen LogP contribution in [0.5, 0.6) is 5.75 Å². The molecule has 1 aromatic carbocycles. The van der Waals surface area contributed by atoms with Gasteiger partial charge in [-0.05, 0) is 18.2 Å². The summed E-state index contributed by atoms with van der Waals surface area (Å²) in [5.41, 5.74) is 0.362. The summed E-state index contributed by atoms with van der Waals surface area (Å²) in [7, 11) is 1.48. The van der Waals surface area contributed by atoms with E-state index in [-0.39, 0.29) is 18.9 Å². The molecule has 0 aromatic heterocycles. The summed E-state index contributed by atoms with van der Waals surface area (Å²) < 4.78 is 10.5. The molecule has 7 heteroatoms. The van der Waals surface area contributed by atoms with Crippen molar-refractivity contribution in [1.82, 2.24) is 4.90 Å². The number of hydrogen-bond acceptors (Lipinski definition) is 4. The maximum Gasteiger partial charge on any atom is 0.306 e. The van der Waals surface area contributed by atoms with Crippen molar-refractivity contribution in [3.8, 4) is 5.75 Å². The van der Waals surface area contributed by atoms with Crippen LogP contribution in [0.2, 0.25) is 5.02 Å². The molecule has 114 valence electrons. The number of carbonyl (C=O) groups excluding carboxylic acids is 1. The minimum Gasteiger partial charge on any atom is -0.496 e. The zero-order chi connectivity index (χ0) is 15.4.